The van der Waals surface area contributed by atoms with Crippen molar-refractivity contribution in [1.29, 1.82) is 0 Å². The maximum Gasteiger partial charge on any atom is 0.305 e. The summed E-state index contributed by atoms with van der Waals surface area (Å²) in [5, 5.41) is 23.2. The highest BCUT2D eigenvalue weighted by Crippen LogP contribution is 2.18. The summed E-state index contributed by atoms with van der Waals surface area (Å²) in [6.45, 7) is 4.90. The fourth-order valence-electron chi connectivity index (χ4n) is 9.69. The number of hydrogen-bond donors (Lipinski definition) is 3. The molecule has 0 saturated carbocycles. The number of aliphatic hydroxyl groups is 2. The van der Waals surface area contributed by atoms with Gasteiger partial charge in [-0.3, -0.25) is 9.59 Å². The molecule has 1 amide bonds. The number of esters is 1. The van der Waals surface area contributed by atoms with Crippen LogP contribution in [0.5, 0.6) is 0 Å². The zero-order valence-electron chi connectivity index (χ0n) is 46.6. The highest BCUT2D eigenvalue weighted by molar-refractivity contribution is 5.76. The number of rotatable bonds is 58. The smallest absolute Gasteiger partial charge is 0.305 e. The Balaban J connectivity index is 3.46. The molecule has 0 aliphatic carbocycles. The van der Waals surface area contributed by atoms with Gasteiger partial charge in [0.2, 0.25) is 5.91 Å². The summed E-state index contributed by atoms with van der Waals surface area (Å²) in [5.41, 5.74) is 0. The van der Waals surface area contributed by atoms with Gasteiger partial charge in [-0.2, -0.15) is 0 Å². The van der Waals surface area contributed by atoms with Crippen LogP contribution in [0, 0.1) is 0 Å². The second kappa shape index (κ2) is 58.9. The second-order valence-corrected chi connectivity index (χ2v) is 21.4. The van der Waals surface area contributed by atoms with Crippen LogP contribution in [0.15, 0.2) is 24.3 Å². The largest absolute Gasteiger partial charge is 0.466 e. The minimum absolute atomic E-state index is 0.00828. The van der Waals surface area contributed by atoms with Gasteiger partial charge in [0.25, 0.3) is 0 Å². The number of aliphatic hydroxyl groups excluding tert-OH is 2. The van der Waals surface area contributed by atoms with Gasteiger partial charge in [0, 0.05) is 12.8 Å². The lowest BCUT2D eigenvalue weighted by atomic mass is 10.0. The predicted molar refractivity (Wildman–Crippen MR) is 301 cm³/mol. The summed E-state index contributed by atoms with van der Waals surface area (Å²) in [7, 11) is 0. The van der Waals surface area contributed by atoms with Crippen molar-refractivity contribution in [1.82, 2.24) is 5.32 Å². The molecular weight excluding hydrogens is 851 g/mol. The summed E-state index contributed by atoms with van der Waals surface area (Å²) < 4.78 is 5.47. The van der Waals surface area contributed by atoms with E-state index in [0.29, 0.717) is 19.4 Å². The first-order valence-corrected chi connectivity index (χ1v) is 31.1. The van der Waals surface area contributed by atoms with Crippen molar-refractivity contribution in [3.8, 4) is 0 Å². The molecule has 0 aromatic heterocycles. The molecule has 0 spiro atoms. The van der Waals surface area contributed by atoms with Crippen LogP contribution in [0.4, 0.5) is 0 Å². The average Bonchev–Trinajstić information content (AvgIpc) is 3.35. The molecule has 6 heteroatoms. The predicted octanol–water partition coefficient (Wildman–Crippen LogP) is 19.4. The number of ether oxygens (including phenoxy) is 1. The maximum atomic E-state index is 12.5. The average molecular weight is 973 g/mol. The van der Waals surface area contributed by atoms with E-state index in [1.165, 1.54) is 263 Å². The Morgan fingerprint density at radius 1 is 0.391 bits per heavy atom. The summed E-state index contributed by atoms with van der Waals surface area (Å²) >= 11 is 0. The Morgan fingerprint density at radius 2 is 0.681 bits per heavy atom. The zero-order chi connectivity index (χ0) is 50.0. The lowest BCUT2D eigenvalue weighted by Gasteiger charge is -2.20. The third-order valence-electron chi connectivity index (χ3n) is 14.5. The van der Waals surface area contributed by atoms with Gasteiger partial charge in [-0.05, 0) is 57.8 Å². The van der Waals surface area contributed by atoms with Crippen molar-refractivity contribution in [2.75, 3.05) is 13.2 Å². The lowest BCUT2D eigenvalue weighted by Crippen LogP contribution is -2.45. The van der Waals surface area contributed by atoms with Gasteiger partial charge in [-0.1, -0.05) is 295 Å². The van der Waals surface area contributed by atoms with E-state index in [0.717, 1.165) is 51.4 Å². The lowest BCUT2D eigenvalue weighted by molar-refractivity contribution is -0.143. The fraction of sp³-hybridized carbons (Fsp3) is 0.905. The van der Waals surface area contributed by atoms with Crippen LogP contribution < -0.4 is 5.32 Å². The van der Waals surface area contributed by atoms with Gasteiger partial charge in [0.1, 0.15) is 0 Å². The van der Waals surface area contributed by atoms with Gasteiger partial charge >= 0.3 is 5.97 Å². The summed E-state index contributed by atoms with van der Waals surface area (Å²) in [5.74, 6) is -0.0817. The van der Waals surface area contributed by atoms with E-state index in [-0.39, 0.29) is 18.5 Å². The van der Waals surface area contributed by atoms with Crippen LogP contribution in [-0.2, 0) is 14.3 Å². The molecule has 0 aliphatic rings. The molecule has 0 aromatic carbocycles. The third-order valence-corrected chi connectivity index (χ3v) is 14.5. The number of carbonyl (C=O) groups is 2. The maximum absolute atomic E-state index is 12.5. The topological polar surface area (TPSA) is 95.9 Å². The van der Waals surface area contributed by atoms with E-state index in [4.69, 9.17) is 4.74 Å². The van der Waals surface area contributed by atoms with E-state index in [1.807, 2.05) is 6.08 Å². The molecular formula is C63H121NO5. The molecule has 0 heterocycles. The van der Waals surface area contributed by atoms with Crippen LogP contribution in [0.1, 0.15) is 341 Å². The van der Waals surface area contributed by atoms with E-state index >= 15 is 0 Å². The molecule has 0 aromatic rings. The summed E-state index contributed by atoms with van der Waals surface area (Å²) in [6, 6.07) is -0.635. The Morgan fingerprint density at radius 3 is 1.03 bits per heavy atom. The van der Waals surface area contributed by atoms with Gasteiger partial charge in [0.15, 0.2) is 0 Å². The first-order chi connectivity index (χ1) is 34.0. The molecule has 0 fully saturated rings. The molecule has 0 aliphatic heterocycles. The Labute approximate surface area is 431 Å². The molecule has 2 atom stereocenters. The van der Waals surface area contributed by atoms with Crippen molar-refractivity contribution in [2.24, 2.45) is 0 Å². The number of nitrogens with one attached hydrogen (secondary N) is 1. The molecule has 0 saturated heterocycles. The van der Waals surface area contributed by atoms with E-state index in [1.54, 1.807) is 6.08 Å². The second-order valence-electron chi connectivity index (χ2n) is 21.4. The number of carbonyl (C=O) groups excluding carboxylic acids is 2. The van der Waals surface area contributed by atoms with Crippen molar-refractivity contribution in [3.05, 3.63) is 24.3 Å². The van der Waals surface area contributed by atoms with Gasteiger partial charge in [0.05, 0.1) is 25.4 Å². The summed E-state index contributed by atoms with van der Waals surface area (Å²) in [4.78, 5) is 24.5. The molecule has 0 rings (SSSR count). The van der Waals surface area contributed by atoms with Gasteiger partial charge < -0.3 is 20.3 Å². The number of hydrogen-bond acceptors (Lipinski definition) is 5. The Bertz CT molecular complexity index is 1080. The van der Waals surface area contributed by atoms with E-state index in [9.17, 15) is 19.8 Å². The minimum Gasteiger partial charge on any atom is -0.466 e. The molecule has 2 unspecified atom stereocenters. The SMILES string of the molecule is CCCCCCC/C=C\CCCCCCCC(=O)OCCCCCCCCCCCCCCCCCC(=O)NC(CO)C(O)/C=C/CCCCCCCCCCCCCCCCCCCCCCC. The van der Waals surface area contributed by atoms with Crippen LogP contribution >= 0.6 is 0 Å². The molecule has 69 heavy (non-hydrogen) atoms. The molecule has 0 radical (unpaired) electrons. The normalized spacial score (nSPS) is 12.7. The van der Waals surface area contributed by atoms with Gasteiger partial charge in [-0.25, -0.2) is 0 Å². The zero-order valence-corrected chi connectivity index (χ0v) is 46.6. The van der Waals surface area contributed by atoms with Crippen molar-refractivity contribution in [3.63, 3.8) is 0 Å². The highest BCUT2D eigenvalue weighted by Gasteiger charge is 2.18. The van der Waals surface area contributed by atoms with Crippen LogP contribution in [0.2, 0.25) is 0 Å². The molecule has 408 valence electrons. The van der Waals surface area contributed by atoms with Crippen LogP contribution in [-0.4, -0.2) is 47.4 Å². The quantitative estimate of drug-likeness (QED) is 0.0321. The van der Waals surface area contributed by atoms with Crippen molar-refractivity contribution < 1.29 is 24.5 Å². The molecule has 0 bridgehead atoms. The Kier molecular flexibility index (Phi) is 57.5. The van der Waals surface area contributed by atoms with Crippen molar-refractivity contribution >= 4 is 11.9 Å². The monoisotopic (exact) mass is 972 g/mol. The van der Waals surface area contributed by atoms with E-state index in [2.05, 4.69) is 31.3 Å². The fourth-order valence-corrected chi connectivity index (χ4v) is 9.69. The standard InChI is InChI=1S/C63H121NO5/c1-3-5-7-9-11-13-15-17-19-20-21-22-23-24-25-26-28-31-35-39-43-47-51-55-61(66)60(59-65)64-62(67)56-52-48-44-40-36-32-29-27-30-34-38-42-46-50-54-58-69-63(68)57-53-49-45-41-37-33-18-16-14-12-10-8-6-4-2/h16,18,51,55,60-61,65-66H,3-15,17,19-50,52-54,56-59H2,1-2H3,(H,64,67)/b18-16-,55-51+. The minimum atomic E-state index is -0.851. The van der Waals surface area contributed by atoms with E-state index < -0.39 is 12.1 Å². The number of amides is 1. The summed E-state index contributed by atoms with van der Waals surface area (Å²) in [6.07, 6.45) is 72.1. The molecule has 3 N–H and O–H groups in total. The first-order valence-electron chi connectivity index (χ1n) is 31.1. The van der Waals surface area contributed by atoms with Gasteiger partial charge in [-0.15, -0.1) is 0 Å². The first kappa shape index (κ1) is 67.3. The number of unbranched alkanes of at least 4 members (excludes halogenated alkanes) is 45. The van der Waals surface area contributed by atoms with Crippen LogP contribution in [0.3, 0.4) is 0 Å². The third kappa shape index (κ3) is 55.5. The highest BCUT2D eigenvalue weighted by atomic mass is 16.5. The number of allylic oxidation sites excluding steroid dienone is 3. The Hall–Kier alpha value is -1.66. The molecule has 6 nitrogen and oxygen atoms in total. The van der Waals surface area contributed by atoms with Crippen LogP contribution in [0.25, 0.3) is 0 Å². The van der Waals surface area contributed by atoms with Crippen molar-refractivity contribution in [2.45, 2.75) is 353 Å².